The number of hydrogen-bond donors (Lipinski definition) is 1. The number of hydrogen-bond acceptors (Lipinski definition) is 5. The van der Waals surface area contributed by atoms with E-state index in [4.69, 9.17) is 5.11 Å². The lowest BCUT2D eigenvalue weighted by Gasteiger charge is -2.36. The number of aliphatic carboxylic acids is 1. The molecule has 2 aromatic heterocycles. The molecule has 2 aromatic rings. The molecular formula is C15H18N4O2. The van der Waals surface area contributed by atoms with Crippen LogP contribution in [0.5, 0.6) is 0 Å². The number of anilines is 1. The molecule has 6 nitrogen and oxygen atoms in total. The van der Waals surface area contributed by atoms with Gasteiger partial charge in [-0.3, -0.25) is 9.78 Å². The zero-order valence-electron chi connectivity index (χ0n) is 11.8. The molecule has 0 spiro atoms. The van der Waals surface area contributed by atoms with Crippen LogP contribution in [0.2, 0.25) is 0 Å². The van der Waals surface area contributed by atoms with Crippen molar-refractivity contribution in [1.29, 1.82) is 0 Å². The lowest BCUT2D eigenvalue weighted by atomic mass is 9.98. The second-order valence-corrected chi connectivity index (χ2v) is 5.34. The molecule has 1 atom stereocenters. The van der Waals surface area contributed by atoms with E-state index in [-0.39, 0.29) is 12.5 Å². The fourth-order valence-electron chi connectivity index (χ4n) is 2.90. The quantitative estimate of drug-likeness (QED) is 0.928. The Morgan fingerprint density at radius 2 is 2.14 bits per heavy atom. The average Bonchev–Trinajstić information content (AvgIpc) is 2.52. The minimum absolute atomic E-state index is 0.203. The average molecular weight is 286 g/mol. The molecule has 0 bridgehead atoms. The van der Waals surface area contributed by atoms with Gasteiger partial charge in [0, 0.05) is 31.4 Å². The molecule has 1 unspecified atom stereocenters. The maximum Gasteiger partial charge on any atom is 0.303 e. The first kappa shape index (κ1) is 13.7. The Kier molecular flexibility index (Phi) is 3.94. The molecule has 1 N–H and O–H groups in total. The molecule has 0 saturated carbocycles. The van der Waals surface area contributed by atoms with Crippen molar-refractivity contribution >= 4 is 23.0 Å². The largest absolute Gasteiger partial charge is 0.481 e. The van der Waals surface area contributed by atoms with Crippen LogP contribution in [0.3, 0.4) is 0 Å². The Morgan fingerprint density at radius 1 is 1.29 bits per heavy atom. The minimum atomic E-state index is -0.738. The molecule has 6 heteroatoms. The first-order chi connectivity index (χ1) is 10.2. The summed E-state index contributed by atoms with van der Waals surface area (Å²) in [5.74, 6) is 0.135. The Bertz CT molecular complexity index is 646. The van der Waals surface area contributed by atoms with E-state index in [1.807, 2.05) is 12.1 Å². The highest BCUT2D eigenvalue weighted by atomic mass is 16.4. The Labute approximate surface area is 122 Å². The van der Waals surface area contributed by atoms with Crippen LogP contribution in [0.4, 0.5) is 5.82 Å². The van der Waals surface area contributed by atoms with Gasteiger partial charge < -0.3 is 10.0 Å². The molecule has 1 saturated heterocycles. The van der Waals surface area contributed by atoms with E-state index in [1.165, 1.54) is 0 Å². The maximum atomic E-state index is 10.8. The van der Waals surface area contributed by atoms with E-state index in [9.17, 15) is 4.79 Å². The smallest absolute Gasteiger partial charge is 0.303 e. The third kappa shape index (κ3) is 3.09. The molecule has 110 valence electrons. The number of rotatable bonds is 4. The summed E-state index contributed by atoms with van der Waals surface area (Å²) >= 11 is 0. The first-order valence-electron chi connectivity index (χ1n) is 7.30. The molecule has 0 amide bonds. The maximum absolute atomic E-state index is 10.8. The predicted molar refractivity (Wildman–Crippen MR) is 79.2 cm³/mol. The van der Waals surface area contributed by atoms with Crippen LogP contribution < -0.4 is 4.90 Å². The van der Waals surface area contributed by atoms with Gasteiger partial charge in [0.25, 0.3) is 0 Å². The van der Waals surface area contributed by atoms with Crippen molar-refractivity contribution in [1.82, 2.24) is 15.0 Å². The Balaban J connectivity index is 1.85. The van der Waals surface area contributed by atoms with Crippen LogP contribution >= 0.6 is 0 Å². The number of aromatic nitrogens is 3. The molecule has 0 aliphatic carbocycles. The van der Waals surface area contributed by atoms with Crippen LogP contribution in [0.1, 0.15) is 32.1 Å². The fourth-order valence-corrected chi connectivity index (χ4v) is 2.90. The van der Waals surface area contributed by atoms with Gasteiger partial charge in [0.15, 0.2) is 5.65 Å². The van der Waals surface area contributed by atoms with Gasteiger partial charge in [-0.25, -0.2) is 9.97 Å². The summed E-state index contributed by atoms with van der Waals surface area (Å²) in [4.78, 5) is 26.1. The van der Waals surface area contributed by atoms with Crippen molar-refractivity contribution in [2.75, 3.05) is 11.4 Å². The van der Waals surface area contributed by atoms with Crippen LogP contribution in [0.25, 0.3) is 11.2 Å². The van der Waals surface area contributed by atoms with Gasteiger partial charge in [-0.05, 0) is 37.8 Å². The topological polar surface area (TPSA) is 79.2 Å². The van der Waals surface area contributed by atoms with E-state index in [0.717, 1.165) is 37.1 Å². The summed E-state index contributed by atoms with van der Waals surface area (Å²) < 4.78 is 0. The van der Waals surface area contributed by atoms with Crippen LogP contribution in [0, 0.1) is 0 Å². The van der Waals surface area contributed by atoms with E-state index in [0.29, 0.717) is 12.1 Å². The third-order valence-electron chi connectivity index (χ3n) is 3.93. The summed E-state index contributed by atoms with van der Waals surface area (Å²) in [6.07, 6.45) is 7.44. The summed E-state index contributed by atoms with van der Waals surface area (Å²) in [5.41, 5.74) is 1.41. The Hall–Kier alpha value is -2.24. The van der Waals surface area contributed by atoms with E-state index in [2.05, 4.69) is 19.9 Å². The third-order valence-corrected chi connectivity index (χ3v) is 3.93. The van der Waals surface area contributed by atoms with Gasteiger partial charge >= 0.3 is 5.97 Å². The number of carboxylic acids is 1. The molecule has 1 fully saturated rings. The highest BCUT2D eigenvalue weighted by Crippen LogP contribution is 2.26. The van der Waals surface area contributed by atoms with Gasteiger partial charge in [0.1, 0.15) is 11.3 Å². The minimum Gasteiger partial charge on any atom is -0.481 e. The second-order valence-electron chi connectivity index (χ2n) is 5.34. The number of fused-ring (bicyclic) bond motifs is 1. The van der Waals surface area contributed by atoms with Gasteiger partial charge in [-0.1, -0.05) is 0 Å². The summed E-state index contributed by atoms with van der Waals surface area (Å²) in [7, 11) is 0. The standard InChI is InChI=1S/C15H18N4O2/c20-14(21)7-4-11-3-1-2-10-19(11)13-6-5-12-15(18-13)17-9-8-16-12/h5-6,8-9,11H,1-4,7,10H2,(H,20,21). The number of pyridine rings is 1. The van der Waals surface area contributed by atoms with Gasteiger partial charge in [0.05, 0.1) is 0 Å². The molecule has 0 radical (unpaired) electrons. The lowest BCUT2D eigenvalue weighted by Crippen LogP contribution is -2.40. The van der Waals surface area contributed by atoms with Crippen molar-refractivity contribution in [3.8, 4) is 0 Å². The number of piperidine rings is 1. The predicted octanol–water partition coefficient (Wildman–Crippen LogP) is 2.25. The Morgan fingerprint density at radius 3 is 3.00 bits per heavy atom. The van der Waals surface area contributed by atoms with E-state index >= 15 is 0 Å². The van der Waals surface area contributed by atoms with Crippen molar-refractivity contribution in [2.45, 2.75) is 38.1 Å². The monoisotopic (exact) mass is 286 g/mol. The van der Waals surface area contributed by atoms with E-state index < -0.39 is 5.97 Å². The van der Waals surface area contributed by atoms with Crippen LogP contribution in [0.15, 0.2) is 24.5 Å². The summed E-state index contributed by atoms with van der Waals surface area (Å²) in [6.45, 7) is 0.920. The zero-order chi connectivity index (χ0) is 14.7. The van der Waals surface area contributed by atoms with Crippen molar-refractivity contribution in [2.24, 2.45) is 0 Å². The number of carbonyl (C=O) groups is 1. The van der Waals surface area contributed by atoms with Crippen LogP contribution in [-0.4, -0.2) is 38.6 Å². The summed E-state index contributed by atoms with van der Waals surface area (Å²) in [6, 6.07) is 4.13. The second kappa shape index (κ2) is 6.03. The van der Waals surface area contributed by atoms with Crippen molar-refractivity contribution < 1.29 is 9.90 Å². The summed E-state index contributed by atoms with van der Waals surface area (Å²) in [5, 5.41) is 8.89. The van der Waals surface area contributed by atoms with Crippen molar-refractivity contribution in [3.63, 3.8) is 0 Å². The van der Waals surface area contributed by atoms with Gasteiger partial charge in [-0.2, -0.15) is 0 Å². The zero-order valence-corrected chi connectivity index (χ0v) is 11.8. The highest BCUT2D eigenvalue weighted by molar-refractivity contribution is 5.72. The molecule has 0 aromatic carbocycles. The normalized spacial score (nSPS) is 18.9. The number of nitrogens with zero attached hydrogens (tertiary/aromatic N) is 4. The van der Waals surface area contributed by atoms with E-state index in [1.54, 1.807) is 12.4 Å². The highest BCUT2D eigenvalue weighted by Gasteiger charge is 2.24. The lowest BCUT2D eigenvalue weighted by molar-refractivity contribution is -0.137. The molecule has 21 heavy (non-hydrogen) atoms. The SMILES string of the molecule is O=C(O)CCC1CCCCN1c1ccc2nccnc2n1. The van der Waals surface area contributed by atoms with Crippen molar-refractivity contribution in [3.05, 3.63) is 24.5 Å². The van der Waals surface area contributed by atoms with Crippen LogP contribution in [-0.2, 0) is 4.79 Å². The first-order valence-corrected chi connectivity index (χ1v) is 7.30. The van der Waals surface area contributed by atoms with Gasteiger partial charge in [0.2, 0.25) is 0 Å². The fraction of sp³-hybridized carbons (Fsp3) is 0.467. The number of carboxylic acid groups (broad SMARTS) is 1. The molecule has 1 aliphatic rings. The molecular weight excluding hydrogens is 268 g/mol. The molecule has 3 rings (SSSR count). The van der Waals surface area contributed by atoms with Gasteiger partial charge in [-0.15, -0.1) is 0 Å². The molecule has 1 aliphatic heterocycles. The molecule has 3 heterocycles.